The number of amides is 1. The Morgan fingerprint density at radius 1 is 0.842 bits per heavy atom. The standard InChI is InChI=1S/C30H35NO7/c1-3-35-28(29(32)33)22-24-13-15-26(16-14-24)37-20-18-31(17-8-19-36-25-10-5-4-6-11-25)30(34)38-27-12-7-9-23(2)21-27/h4-7,9-16,21,28H,3,8,17-20,22H2,1-2H3,(H,32,33). The maximum absolute atomic E-state index is 12.9. The zero-order chi connectivity index (χ0) is 27.2. The van der Waals surface area contributed by atoms with Crippen LogP contribution in [0.15, 0.2) is 78.9 Å². The SMILES string of the molecule is CCOC(Cc1ccc(OCCN(CCCOc2ccccc2)C(=O)Oc2cccc(C)c2)cc1)C(=O)O. The highest BCUT2D eigenvalue weighted by molar-refractivity contribution is 5.72. The summed E-state index contributed by atoms with van der Waals surface area (Å²) in [6.07, 6.45) is -0.444. The number of carboxylic acids is 1. The van der Waals surface area contributed by atoms with Crippen molar-refractivity contribution in [2.75, 3.05) is 32.9 Å². The first-order valence-electron chi connectivity index (χ1n) is 12.7. The summed E-state index contributed by atoms with van der Waals surface area (Å²) < 4.78 is 22.5. The minimum absolute atomic E-state index is 0.262. The van der Waals surface area contributed by atoms with E-state index >= 15 is 0 Å². The molecule has 0 saturated carbocycles. The molecule has 38 heavy (non-hydrogen) atoms. The van der Waals surface area contributed by atoms with Crippen LogP contribution in [0.5, 0.6) is 17.2 Å². The minimum atomic E-state index is -0.987. The third-order valence-electron chi connectivity index (χ3n) is 5.65. The number of carboxylic acid groups (broad SMARTS) is 1. The van der Waals surface area contributed by atoms with E-state index in [2.05, 4.69) is 0 Å². The number of para-hydroxylation sites is 1. The largest absolute Gasteiger partial charge is 0.494 e. The number of hydrogen-bond donors (Lipinski definition) is 1. The van der Waals surface area contributed by atoms with Crippen LogP contribution in [-0.2, 0) is 16.0 Å². The molecule has 3 aromatic rings. The van der Waals surface area contributed by atoms with Crippen LogP contribution in [0.1, 0.15) is 24.5 Å². The van der Waals surface area contributed by atoms with Gasteiger partial charge in [-0.1, -0.05) is 42.5 Å². The van der Waals surface area contributed by atoms with E-state index in [0.717, 1.165) is 16.9 Å². The van der Waals surface area contributed by atoms with Gasteiger partial charge in [-0.05, 0) is 67.8 Å². The van der Waals surface area contributed by atoms with Crippen LogP contribution in [-0.4, -0.2) is 61.1 Å². The van der Waals surface area contributed by atoms with E-state index in [1.54, 1.807) is 30.0 Å². The molecule has 1 atom stereocenters. The first kappa shape index (κ1) is 28.5. The number of benzene rings is 3. The van der Waals surface area contributed by atoms with Gasteiger partial charge in [-0.3, -0.25) is 0 Å². The molecule has 0 aliphatic rings. The monoisotopic (exact) mass is 521 g/mol. The topological polar surface area (TPSA) is 94.5 Å². The second kappa shape index (κ2) is 15.3. The lowest BCUT2D eigenvalue weighted by atomic mass is 10.1. The van der Waals surface area contributed by atoms with Crippen molar-refractivity contribution >= 4 is 12.1 Å². The molecule has 3 aromatic carbocycles. The van der Waals surface area contributed by atoms with Crippen molar-refractivity contribution < 1.29 is 33.6 Å². The lowest BCUT2D eigenvalue weighted by Crippen LogP contribution is -2.38. The van der Waals surface area contributed by atoms with E-state index in [0.29, 0.717) is 44.2 Å². The third-order valence-corrected chi connectivity index (χ3v) is 5.65. The summed E-state index contributed by atoms with van der Waals surface area (Å²) in [5.41, 5.74) is 1.83. The normalized spacial score (nSPS) is 11.4. The highest BCUT2D eigenvalue weighted by Gasteiger charge is 2.18. The fourth-order valence-corrected chi connectivity index (χ4v) is 3.73. The molecule has 1 unspecified atom stereocenters. The van der Waals surface area contributed by atoms with E-state index in [1.807, 2.05) is 67.6 Å². The number of ether oxygens (including phenoxy) is 4. The summed E-state index contributed by atoms with van der Waals surface area (Å²) >= 11 is 0. The van der Waals surface area contributed by atoms with Crippen LogP contribution < -0.4 is 14.2 Å². The molecule has 8 heteroatoms. The molecule has 0 fully saturated rings. The molecule has 3 rings (SSSR count). The van der Waals surface area contributed by atoms with E-state index in [9.17, 15) is 14.7 Å². The van der Waals surface area contributed by atoms with Gasteiger partial charge in [-0.2, -0.15) is 0 Å². The van der Waals surface area contributed by atoms with Crippen LogP contribution >= 0.6 is 0 Å². The average molecular weight is 522 g/mol. The smallest absolute Gasteiger partial charge is 0.415 e. The maximum Gasteiger partial charge on any atom is 0.415 e. The molecular weight excluding hydrogens is 486 g/mol. The molecule has 0 aromatic heterocycles. The van der Waals surface area contributed by atoms with Gasteiger partial charge in [0.2, 0.25) is 0 Å². The van der Waals surface area contributed by atoms with E-state index < -0.39 is 18.2 Å². The Kier molecular flexibility index (Phi) is 11.5. The number of aryl methyl sites for hydroxylation is 1. The summed E-state index contributed by atoms with van der Waals surface area (Å²) in [4.78, 5) is 25.9. The van der Waals surface area contributed by atoms with E-state index in [4.69, 9.17) is 18.9 Å². The number of hydrogen-bond acceptors (Lipinski definition) is 6. The lowest BCUT2D eigenvalue weighted by molar-refractivity contribution is -0.149. The fraction of sp³-hybridized carbons (Fsp3) is 0.333. The molecule has 0 saturated heterocycles. The highest BCUT2D eigenvalue weighted by Crippen LogP contribution is 2.16. The molecule has 1 N–H and O–H groups in total. The Bertz CT molecular complexity index is 1130. The van der Waals surface area contributed by atoms with Crippen LogP contribution in [0.3, 0.4) is 0 Å². The fourth-order valence-electron chi connectivity index (χ4n) is 3.73. The van der Waals surface area contributed by atoms with Crippen molar-refractivity contribution in [1.82, 2.24) is 4.90 Å². The molecule has 0 radical (unpaired) electrons. The Balaban J connectivity index is 1.53. The van der Waals surface area contributed by atoms with Crippen LogP contribution in [0.4, 0.5) is 4.79 Å². The van der Waals surface area contributed by atoms with Crippen LogP contribution in [0, 0.1) is 6.92 Å². The number of aliphatic carboxylic acids is 1. The molecule has 0 bridgehead atoms. The lowest BCUT2D eigenvalue weighted by Gasteiger charge is -2.22. The van der Waals surface area contributed by atoms with Crippen molar-refractivity contribution in [1.29, 1.82) is 0 Å². The van der Waals surface area contributed by atoms with Gasteiger partial charge in [0.1, 0.15) is 23.9 Å². The van der Waals surface area contributed by atoms with Crippen molar-refractivity contribution in [3.05, 3.63) is 90.0 Å². The van der Waals surface area contributed by atoms with Crippen molar-refractivity contribution in [3.8, 4) is 17.2 Å². The van der Waals surface area contributed by atoms with Crippen molar-refractivity contribution in [2.45, 2.75) is 32.8 Å². The van der Waals surface area contributed by atoms with E-state index in [-0.39, 0.29) is 13.0 Å². The van der Waals surface area contributed by atoms with Gasteiger partial charge in [0.25, 0.3) is 0 Å². The van der Waals surface area contributed by atoms with Gasteiger partial charge in [0, 0.05) is 19.6 Å². The Morgan fingerprint density at radius 2 is 1.53 bits per heavy atom. The predicted molar refractivity (Wildman–Crippen MR) is 144 cm³/mol. The first-order chi connectivity index (χ1) is 18.4. The third kappa shape index (κ3) is 9.78. The number of nitrogens with zero attached hydrogens (tertiary/aromatic N) is 1. The zero-order valence-electron chi connectivity index (χ0n) is 21.9. The number of rotatable bonds is 15. The van der Waals surface area contributed by atoms with Gasteiger partial charge in [-0.25, -0.2) is 9.59 Å². The minimum Gasteiger partial charge on any atom is -0.494 e. The van der Waals surface area contributed by atoms with Crippen molar-refractivity contribution in [2.24, 2.45) is 0 Å². The average Bonchev–Trinajstić information content (AvgIpc) is 2.91. The van der Waals surface area contributed by atoms with Gasteiger partial charge < -0.3 is 29.0 Å². The molecule has 0 spiro atoms. The summed E-state index contributed by atoms with van der Waals surface area (Å²) in [5, 5.41) is 9.28. The summed E-state index contributed by atoms with van der Waals surface area (Å²) in [6, 6.07) is 24.1. The Hall–Kier alpha value is -4.04. The summed E-state index contributed by atoms with van der Waals surface area (Å²) in [5.74, 6) is 0.906. The molecule has 0 aliphatic heterocycles. The molecule has 8 nitrogen and oxygen atoms in total. The quantitative estimate of drug-likeness (QED) is 0.269. The van der Waals surface area contributed by atoms with Gasteiger partial charge >= 0.3 is 12.1 Å². The number of carbonyl (C=O) groups excluding carboxylic acids is 1. The Morgan fingerprint density at radius 3 is 2.21 bits per heavy atom. The summed E-state index contributed by atoms with van der Waals surface area (Å²) in [7, 11) is 0. The van der Waals surface area contributed by atoms with Crippen molar-refractivity contribution in [3.63, 3.8) is 0 Å². The molecule has 1 amide bonds. The molecule has 0 heterocycles. The van der Waals surface area contributed by atoms with Gasteiger partial charge in [0.15, 0.2) is 6.10 Å². The Labute approximate surface area is 223 Å². The summed E-state index contributed by atoms with van der Waals surface area (Å²) in [6.45, 7) is 5.52. The molecule has 0 aliphatic carbocycles. The van der Waals surface area contributed by atoms with Crippen LogP contribution in [0.2, 0.25) is 0 Å². The molecular formula is C30H35NO7. The predicted octanol–water partition coefficient (Wildman–Crippen LogP) is 5.38. The maximum atomic E-state index is 12.9. The first-order valence-corrected chi connectivity index (χ1v) is 12.7. The van der Waals surface area contributed by atoms with E-state index in [1.165, 1.54) is 0 Å². The zero-order valence-corrected chi connectivity index (χ0v) is 21.9. The van der Waals surface area contributed by atoms with Gasteiger partial charge in [-0.15, -0.1) is 0 Å². The van der Waals surface area contributed by atoms with Crippen LogP contribution in [0.25, 0.3) is 0 Å². The second-order valence-corrected chi connectivity index (χ2v) is 8.67. The highest BCUT2D eigenvalue weighted by atomic mass is 16.6. The number of carbonyl (C=O) groups is 2. The van der Waals surface area contributed by atoms with Gasteiger partial charge in [0.05, 0.1) is 13.2 Å². The molecule has 202 valence electrons. The second-order valence-electron chi connectivity index (χ2n) is 8.67.